The molecule has 2 rings (SSSR count). The molecule has 1 aliphatic rings. The highest BCUT2D eigenvalue weighted by Gasteiger charge is 2.30. The van der Waals surface area contributed by atoms with Crippen molar-refractivity contribution >= 4 is 10.0 Å². The van der Waals surface area contributed by atoms with Crippen LogP contribution in [0.25, 0.3) is 0 Å². The van der Waals surface area contributed by atoms with E-state index in [1.165, 1.54) is 0 Å². The highest BCUT2D eigenvalue weighted by molar-refractivity contribution is 7.89. The lowest BCUT2D eigenvalue weighted by atomic mass is 10.2. The number of nitrogens with zero attached hydrogens (tertiary/aromatic N) is 2. The largest absolute Gasteiger partial charge is 0.326 e. The Morgan fingerprint density at radius 1 is 1.15 bits per heavy atom. The molecule has 0 spiro atoms. The lowest BCUT2D eigenvalue weighted by molar-refractivity contribution is 0.154. The fraction of sp³-hybridized carbons (Fsp3) is 0.571. The van der Waals surface area contributed by atoms with Crippen LogP contribution < -0.4 is 5.73 Å². The van der Waals surface area contributed by atoms with Gasteiger partial charge in [-0.3, -0.25) is 4.90 Å². The number of hydrogen-bond acceptors (Lipinski definition) is 4. The molecule has 0 atom stereocenters. The summed E-state index contributed by atoms with van der Waals surface area (Å²) in [5.74, 6) is 0. The molecule has 0 radical (unpaired) electrons. The van der Waals surface area contributed by atoms with E-state index < -0.39 is 10.0 Å². The Labute approximate surface area is 121 Å². The summed E-state index contributed by atoms with van der Waals surface area (Å²) in [5.41, 5.74) is 6.33. The summed E-state index contributed by atoms with van der Waals surface area (Å²) in [7, 11) is -3.43. The van der Waals surface area contributed by atoms with Gasteiger partial charge in [0.1, 0.15) is 0 Å². The van der Waals surface area contributed by atoms with Gasteiger partial charge in [-0.05, 0) is 25.5 Å². The fourth-order valence-corrected chi connectivity index (χ4v) is 4.18. The second-order valence-electron chi connectivity index (χ2n) is 5.35. The van der Waals surface area contributed by atoms with E-state index in [9.17, 15) is 8.42 Å². The summed E-state index contributed by atoms with van der Waals surface area (Å²) in [6.07, 6.45) is 0. The topological polar surface area (TPSA) is 66.6 Å². The van der Waals surface area contributed by atoms with Crippen molar-refractivity contribution in [1.29, 1.82) is 0 Å². The van der Waals surface area contributed by atoms with E-state index >= 15 is 0 Å². The Morgan fingerprint density at radius 3 is 2.30 bits per heavy atom. The summed E-state index contributed by atoms with van der Waals surface area (Å²) >= 11 is 0. The molecule has 1 saturated heterocycles. The molecule has 1 aliphatic heterocycles. The van der Waals surface area contributed by atoms with Crippen molar-refractivity contribution in [1.82, 2.24) is 9.21 Å². The number of rotatable bonds is 4. The molecule has 0 aromatic heterocycles. The lowest BCUT2D eigenvalue weighted by Gasteiger charge is -2.36. The first-order valence-electron chi connectivity index (χ1n) is 6.99. The van der Waals surface area contributed by atoms with Gasteiger partial charge in [0.05, 0.1) is 4.90 Å². The van der Waals surface area contributed by atoms with Crippen molar-refractivity contribution < 1.29 is 8.42 Å². The molecule has 1 aromatic carbocycles. The molecular weight excluding hydrogens is 274 g/mol. The van der Waals surface area contributed by atoms with Gasteiger partial charge in [-0.2, -0.15) is 4.31 Å². The monoisotopic (exact) mass is 297 g/mol. The second kappa shape index (κ2) is 6.22. The molecule has 1 aromatic rings. The molecular formula is C14H23N3O2S. The highest BCUT2D eigenvalue weighted by Crippen LogP contribution is 2.21. The van der Waals surface area contributed by atoms with E-state index in [2.05, 4.69) is 18.7 Å². The van der Waals surface area contributed by atoms with E-state index in [4.69, 9.17) is 5.73 Å². The predicted molar refractivity (Wildman–Crippen MR) is 79.8 cm³/mol. The van der Waals surface area contributed by atoms with Crippen LogP contribution >= 0.6 is 0 Å². The maximum absolute atomic E-state index is 12.7. The van der Waals surface area contributed by atoms with Crippen LogP contribution in [-0.2, 0) is 16.6 Å². The molecule has 0 aliphatic carbocycles. The van der Waals surface area contributed by atoms with Crippen LogP contribution in [0.1, 0.15) is 19.4 Å². The van der Waals surface area contributed by atoms with Gasteiger partial charge >= 0.3 is 0 Å². The third-order valence-electron chi connectivity index (χ3n) is 3.81. The summed E-state index contributed by atoms with van der Waals surface area (Å²) < 4.78 is 27.0. The molecule has 5 nitrogen and oxygen atoms in total. The van der Waals surface area contributed by atoms with Gasteiger partial charge in [-0.1, -0.05) is 18.2 Å². The SMILES string of the molecule is CC(C)N1CCN(S(=O)(=O)c2ccccc2CN)CC1. The van der Waals surface area contributed by atoms with Crippen molar-refractivity contribution in [3.63, 3.8) is 0 Å². The first-order valence-corrected chi connectivity index (χ1v) is 8.43. The van der Waals surface area contributed by atoms with Crippen LogP contribution in [0.4, 0.5) is 0 Å². The minimum absolute atomic E-state index is 0.237. The van der Waals surface area contributed by atoms with E-state index in [0.717, 1.165) is 13.1 Å². The Kier molecular flexibility index (Phi) is 4.80. The average Bonchev–Trinajstić information content (AvgIpc) is 2.47. The van der Waals surface area contributed by atoms with E-state index in [0.29, 0.717) is 29.6 Å². The number of benzene rings is 1. The zero-order valence-electron chi connectivity index (χ0n) is 12.1. The van der Waals surface area contributed by atoms with E-state index in [1.54, 1.807) is 22.5 Å². The molecule has 0 bridgehead atoms. The van der Waals surface area contributed by atoms with Crippen molar-refractivity contribution in [2.75, 3.05) is 26.2 Å². The number of piperazine rings is 1. The normalized spacial score (nSPS) is 18.6. The van der Waals surface area contributed by atoms with Gasteiger partial charge in [-0.15, -0.1) is 0 Å². The summed E-state index contributed by atoms with van der Waals surface area (Å²) in [4.78, 5) is 2.64. The molecule has 6 heteroatoms. The quantitative estimate of drug-likeness (QED) is 0.895. The molecule has 20 heavy (non-hydrogen) atoms. The minimum atomic E-state index is -3.43. The number of sulfonamides is 1. The van der Waals surface area contributed by atoms with Gasteiger partial charge in [0.2, 0.25) is 10.0 Å². The second-order valence-corrected chi connectivity index (χ2v) is 7.25. The average molecular weight is 297 g/mol. The molecule has 0 unspecified atom stereocenters. The highest BCUT2D eigenvalue weighted by atomic mass is 32.2. The van der Waals surface area contributed by atoms with Crippen LogP contribution in [-0.4, -0.2) is 49.8 Å². The van der Waals surface area contributed by atoms with Crippen LogP contribution in [0.3, 0.4) is 0 Å². The molecule has 1 heterocycles. The Balaban J connectivity index is 2.20. The molecule has 0 saturated carbocycles. The third-order valence-corrected chi connectivity index (χ3v) is 5.81. The Bertz CT molecular complexity index is 549. The Morgan fingerprint density at radius 2 is 1.75 bits per heavy atom. The smallest absolute Gasteiger partial charge is 0.243 e. The van der Waals surface area contributed by atoms with E-state index in [1.807, 2.05) is 6.07 Å². The molecule has 112 valence electrons. The van der Waals surface area contributed by atoms with Gasteiger partial charge in [0.25, 0.3) is 0 Å². The van der Waals surface area contributed by atoms with Crippen LogP contribution in [0.5, 0.6) is 0 Å². The van der Waals surface area contributed by atoms with Crippen LogP contribution in [0, 0.1) is 0 Å². The zero-order valence-corrected chi connectivity index (χ0v) is 12.9. The number of hydrogen-bond donors (Lipinski definition) is 1. The fourth-order valence-electron chi connectivity index (χ4n) is 2.52. The third kappa shape index (κ3) is 3.03. The van der Waals surface area contributed by atoms with Crippen molar-refractivity contribution in [2.45, 2.75) is 31.3 Å². The lowest BCUT2D eigenvalue weighted by Crippen LogP contribution is -2.50. The molecule has 0 amide bonds. The van der Waals surface area contributed by atoms with Gasteiger partial charge in [-0.25, -0.2) is 8.42 Å². The van der Waals surface area contributed by atoms with Crippen molar-refractivity contribution in [3.05, 3.63) is 29.8 Å². The standard InChI is InChI=1S/C14H23N3O2S/c1-12(2)16-7-9-17(10-8-16)20(18,19)14-6-4-3-5-13(14)11-15/h3-6,12H,7-11,15H2,1-2H3. The minimum Gasteiger partial charge on any atom is -0.326 e. The summed E-state index contributed by atoms with van der Waals surface area (Å²) in [5, 5.41) is 0. The van der Waals surface area contributed by atoms with Gasteiger partial charge in [0, 0.05) is 38.8 Å². The predicted octanol–water partition coefficient (Wildman–Crippen LogP) is 0.860. The number of nitrogens with two attached hydrogens (primary N) is 1. The summed E-state index contributed by atoms with van der Waals surface area (Å²) in [6.45, 7) is 7.14. The van der Waals surface area contributed by atoms with Crippen molar-refractivity contribution in [3.8, 4) is 0 Å². The van der Waals surface area contributed by atoms with Gasteiger partial charge < -0.3 is 5.73 Å². The van der Waals surface area contributed by atoms with Crippen LogP contribution in [0.2, 0.25) is 0 Å². The molecule has 2 N–H and O–H groups in total. The Hall–Kier alpha value is -0.950. The first kappa shape index (κ1) is 15.4. The maximum atomic E-state index is 12.7. The zero-order chi connectivity index (χ0) is 14.8. The molecule has 1 fully saturated rings. The van der Waals surface area contributed by atoms with Crippen molar-refractivity contribution in [2.24, 2.45) is 5.73 Å². The van der Waals surface area contributed by atoms with E-state index in [-0.39, 0.29) is 6.54 Å². The maximum Gasteiger partial charge on any atom is 0.243 e. The summed E-state index contributed by atoms with van der Waals surface area (Å²) in [6, 6.07) is 7.44. The first-order chi connectivity index (χ1) is 9.46. The van der Waals surface area contributed by atoms with Crippen LogP contribution in [0.15, 0.2) is 29.2 Å². The van der Waals surface area contributed by atoms with Gasteiger partial charge in [0.15, 0.2) is 0 Å².